The Morgan fingerprint density at radius 3 is 2.33 bits per heavy atom. The highest BCUT2D eigenvalue weighted by molar-refractivity contribution is 5.90. The molecule has 3 aliphatic heterocycles. The predicted molar refractivity (Wildman–Crippen MR) is 104 cm³/mol. The number of fused-ring (bicyclic) bond motifs is 2. The van der Waals surface area contributed by atoms with Gasteiger partial charge in [-0.2, -0.15) is 0 Å². The Bertz CT molecular complexity index is 828. The minimum atomic E-state index is -0.708. The fourth-order valence-corrected chi connectivity index (χ4v) is 4.68. The second-order valence-corrected chi connectivity index (χ2v) is 8.61. The van der Waals surface area contributed by atoms with Crippen molar-refractivity contribution in [2.75, 3.05) is 36.0 Å². The summed E-state index contributed by atoms with van der Waals surface area (Å²) >= 11 is 0. The van der Waals surface area contributed by atoms with E-state index in [1.54, 1.807) is 4.90 Å². The SMILES string of the molecule is O=C(NC[C@H]1CN(c2cc(F)c(N3CC4CCC(C3)O4)c(F)c2)C(=O)O1)C1CCC1. The quantitative estimate of drug-likeness (QED) is 0.791. The van der Waals surface area contributed by atoms with Crippen LogP contribution in [0.15, 0.2) is 12.1 Å². The van der Waals surface area contributed by atoms with Gasteiger partial charge in [-0.25, -0.2) is 13.6 Å². The van der Waals surface area contributed by atoms with Gasteiger partial charge < -0.3 is 19.7 Å². The van der Waals surface area contributed by atoms with E-state index in [0.717, 1.165) is 32.1 Å². The largest absolute Gasteiger partial charge is 0.442 e. The summed E-state index contributed by atoms with van der Waals surface area (Å²) in [4.78, 5) is 27.1. The standard InChI is InChI=1S/C21H25F2N3O4/c22-17-6-13(7-18(23)19(17)25-9-14-4-5-15(10-25)29-14)26-11-16(30-21(26)28)8-24-20(27)12-2-1-3-12/h6-7,12,14-16H,1-5,8-11H2,(H,24,27)/t14?,15?,16-/m0/s1. The summed E-state index contributed by atoms with van der Waals surface area (Å²) in [6.45, 7) is 1.23. The number of cyclic esters (lactones) is 1. The number of carbonyl (C=O) groups excluding carboxylic acids is 2. The van der Waals surface area contributed by atoms with Crippen molar-refractivity contribution in [3.05, 3.63) is 23.8 Å². The third kappa shape index (κ3) is 3.59. The van der Waals surface area contributed by atoms with Crippen LogP contribution >= 0.6 is 0 Å². The van der Waals surface area contributed by atoms with Crippen LogP contribution in [0.4, 0.5) is 25.0 Å². The molecule has 9 heteroatoms. The third-order valence-electron chi connectivity index (χ3n) is 6.53. The molecule has 1 aromatic carbocycles. The average molecular weight is 421 g/mol. The molecule has 2 amide bonds. The van der Waals surface area contributed by atoms with Crippen molar-refractivity contribution in [3.63, 3.8) is 0 Å². The molecule has 0 radical (unpaired) electrons. The Kier molecular flexibility index (Phi) is 5.00. The molecule has 7 nitrogen and oxygen atoms in total. The molecule has 1 aliphatic carbocycles. The Morgan fingerprint density at radius 2 is 1.73 bits per heavy atom. The average Bonchev–Trinajstić information content (AvgIpc) is 3.19. The molecule has 1 N–H and O–H groups in total. The van der Waals surface area contributed by atoms with Gasteiger partial charge in [0.25, 0.3) is 0 Å². The summed E-state index contributed by atoms with van der Waals surface area (Å²) in [6.07, 6.45) is 3.43. The number of ether oxygens (including phenoxy) is 2. The maximum atomic E-state index is 14.9. The van der Waals surface area contributed by atoms with Gasteiger partial charge in [-0.3, -0.25) is 9.69 Å². The molecule has 4 fully saturated rings. The normalized spacial score (nSPS) is 28.5. The molecular weight excluding hydrogens is 396 g/mol. The van der Waals surface area contributed by atoms with Crippen molar-refractivity contribution >= 4 is 23.4 Å². The topological polar surface area (TPSA) is 71.1 Å². The van der Waals surface area contributed by atoms with E-state index < -0.39 is 23.8 Å². The molecule has 5 rings (SSSR count). The molecule has 3 heterocycles. The van der Waals surface area contributed by atoms with Crippen molar-refractivity contribution in [1.82, 2.24) is 5.32 Å². The van der Waals surface area contributed by atoms with Gasteiger partial charge in [0.15, 0.2) is 11.6 Å². The fraction of sp³-hybridized carbons (Fsp3) is 0.619. The number of morpholine rings is 1. The Labute approximate surface area is 173 Å². The van der Waals surface area contributed by atoms with Crippen LogP contribution in [0.25, 0.3) is 0 Å². The molecule has 0 spiro atoms. The van der Waals surface area contributed by atoms with E-state index in [1.807, 2.05) is 0 Å². The number of nitrogens with zero attached hydrogens (tertiary/aromatic N) is 2. The number of amides is 2. The molecular formula is C21H25F2N3O4. The van der Waals surface area contributed by atoms with Gasteiger partial charge in [0.05, 0.1) is 31.0 Å². The van der Waals surface area contributed by atoms with Gasteiger partial charge in [0.1, 0.15) is 11.8 Å². The van der Waals surface area contributed by atoms with Gasteiger partial charge in [0.2, 0.25) is 5.91 Å². The van der Waals surface area contributed by atoms with E-state index in [-0.39, 0.29) is 48.5 Å². The lowest BCUT2D eigenvalue weighted by Crippen LogP contribution is -2.43. The zero-order valence-corrected chi connectivity index (χ0v) is 16.6. The highest BCUT2D eigenvalue weighted by Gasteiger charge is 2.37. The van der Waals surface area contributed by atoms with Crippen molar-refractivity contribution in [1.29, 1.82) is 0 Å². The molecule has 1 saturated carbocycles. The highest BCUT2D eigenvalue weighted by atomic mass is 19.1. The van der Waals surface area contributed by atoms with Crippen molar-refractivity contribution < 1.29 is 27.8 Å². The summed E-state index contributed by atoms with van der Waals surface area (Å²) in [6, 6.07) is 2.35. The Balaban J connectivity index is 1.26. The van der Waals surface area contributed by atoms with Crippen LogP contribution in [0.2, 0.25) is 0 Å². The lowest BCUT2D eigenvalue weighted by Gasteiger charge is -2.34. The first-order valence-corrected chi connectivity index (χ1v) is 10.6. The number of rotatable bonds is 5. The van der Waals surface area contributed by atoms with Crippen molar-refractivity contribution in [2.45, 2.75) is 50.4 Å². The fourth-order valence-electron chi connectivity index (χ4n) is 4.68. The lowest BCUT2D eigenvalue weighted by atomic mass is 9.85. The maximum Gasteiger partial charge on any atom is 0.414 e. The zero-order valence-electron chi connectivity index (χ0n) is 16.6. The third-order valence-corrected chi connectivity index (χ3v) is 6.53. The highest BCUT2D eigenvalue weighted by Crippen LogP contribution is 2.35. The molecule has 4 aliphatic rings. The molecule has 2 unspecified atom stereocenters. The lowest BCUT2D eigenvalue weighted by molar-refractivity contribution is -0.127. The molecule has 3 atom stereocenters. The molecule has 0 aromatic heterocycles. The van der Waals surface area contributed by atoms with Crippen LogP contribution in [-0.2, 0) is 14.3 Å². The van der Waals surface area contributed by atoms with Gasteiger partial charge in [-0.1, -0.05) is 6.42 Å². The number of halogens is 2. The minimum absolute atomic E-state index is 0.00620. The molecule has 3 saturated heterocycles. The van der Waals surface area contributed by atoms with Crippen LogP contribution < -0.4 is 15.1 Å². The Morgan fingerprint density at radius 1 is 1.07 bits per heavy atom. The molecule has 30 heavy (non-hydrogen) atoms. The number of anilines is 2. The first-order chi connectivity index (χ1) is 14.5. The van der Waals surface area contributed by atoms with Crippen molar-refractivity contribution in [3.8, 4) is 0 Å². The van der Waals surface area contributed by atoms with Crippen LogP contribution in [0.3, 0.4) is 0 Å². The van der Waals surface area contributed by atoms with Gasteiger partial charge in [-0.05, 0) is 25.7 Å². The number of benzene rings is 1. The van der Waals surface area contributed by atoms with E-state index in [9.17, 15) is 18.4 Å². The smallest absolute Gasteiger partial charge is 0.414 e. The summed E-state index contributed by atoms with van der Waals surface area (Å²) in [5.74, 6) is -1.40. The second kappa shape index (κ2) is 7.68. The van der Waals surface area contributed by atoms with E-state index in [4.69, 9.17) is 9.47 Å². The molecule has 1 aromatic rings. The molecule has 2 bridgehead atoms. The van der Waals surface area contributed by atoms with E-state index in [2.05, 4.69) is 5.32 Å². The zero-order chi connectivity index (χ0) is 20.8. The monoisotopic (exact) mass is 421 g/mol. The number of nitrogens with one attached hydrogen (secondary N) is 1. The van der Waals surface area contributed by atoms with Crippen LogP contribution in [0.5, 0.6) is 0 Å². The number of hydrogen-bond donors (Lipinski definition) is 1. The second-order valence-electron chi connectivity index (χ2n) is 8.61. The summed E-state index contributed by atoms with van der Waals surface area (Å²) in [7, 11) is 0. The Hall–Kier alpha value is -2.42. The van der Waals surface area contributed by atoms with E-state index in [0.29, 0.717) is 13.1 Å². The predicted octanol–water partition coefficient (Wildman–Crippen LogP) is 2.57. The van der Waals surface area contributed by atoms with Crippen LogP contribution in [0.1, 0.15) is 32.1 Å². The van der Waals surface area contributed by atoms with Gasteiger partial charge in [-0.15, -0.1) is 0 Å². The first-order valence-electron chi connectivity index (χ1n) is 10.6. The van der Waals surface area contributed by atoms with Crippen LogP contribution in [-0.4, -0.2) is 56.5 Å². The maximum absolute atomic E-state index is 14.9. The van der Waals surface area contributed by atoms with E-state index >= 15 is 0 Å². The minimum Gasteiger partial charge on any atom is -0.442 e. The summed E-state index contributed by atoms with van der Waals surface area (Å²) < 4.78 is 40.8. The molecule has 162 valence electrons. The first kappa shape index (κ1) is 19.5. The van der Waals surface area contributed by atoms with E-state index in [1.165, 1.54) is 17.0 Å². The van der Waals surface area contributed by atoms with Gasteiger partial charge >= 0.3 is 6.09 Å². The van der Waals surface area contributed by atoms with Crippen molar-refractivity contribution in [2.24, 2.45) is 5.92 Å². The summed E-state index contributed by atoms with van der Waals surface area (Å²) in [5, 5.41) is 2.80. The summed E-state index contributed by atoms with van der Waals surface area (Å²) in [5.41, 5.74) is 0.0404. The van der Waals surface area contributed by atoms with Crippen LogP contribution in [0, 0.1) is 17.6 Å². The van der Waals surface area contributed by atoms with Gasteiger partial charge in [0, 0.05) is 31.1 Å². The number of carbonyl (C=O) groups is 2. The number of hydrogen-bond acceptors (Lipinski definition) is 5.